The van der Waals surface area contributed by atoms with Crippen LogP contribution in [0.2, 0.25) is 0 Å². The van der Waals surface area contributed by atoms with Crippen molar-refractivity contribution in [2.45, 2.75) is 13.5 Å². The Bertz CT molecular complexity index is 477. The minimum absolute atomic E-state index is 0.441. The van der Waals surface area contributed by atoms with Gasteiger partial charge >= 0.3 is 0 Å². The molecule has 0 bridgehead atoms. The summed E-state index contributed by atoms with van der Waals surface area (Å²) in [7, 11) is 0. The molecule has 0 fully saturated rings. The first kappa shape index (κ1) is 8.91. The number of nitrogens with zero attached hydrogens (tertiary/aromatic N) is 4. The molecule has 0 radical (unpaired) electrons. The van der Waals surface area contributed by atoms with E-state index >= 15 is 0 Å². The molecule has 2 heterocycles. The molecule has 0 amide bonds. The molecule has 0 N–H and O–H groups in total. The van der Waals surface area contributed by atoms with E-state index in [4.69, 9.17) is 5.26 Å². The van der Waals surface area contributed by atoms with Crippen LogP contribution >= 0.6 is 11.3 Å². The Hall–Kier alpha value is -1.67. The quantitative estimate of drug-likeness (QED) is 0.746. The molecule has 2 aromatic rings. The zero-order valence-electron chi connectivity index (χ0n) is 7.64. The first-order valence-corrected chi connectivity index (χ1v) is 4.94. The number of hydrogen-bond acceptors (Lipinski definition) is 4. The summed E-state index contributed by atoms with van der Waals surface area (Å²) in [6.07, 6.45) is 5.27. The molecule has 2 rings (SSSR count). The first-order chi connectivity index (χ1) is 6.79. The summed E-state index contributed by atoms with van der Waals surface area (Å²) in [5.74, 6) is 0.441. The van der Waals surface area contributed by atoms with Crippen LogP contribution in [-0.4, -0.2) is 14.5 Å². The van der Waals surface area contributed by atoms with Crippen molar-refractivity contribution >= 4 is 11.3 Å². The average molecular weight is 204 g/mol. The predicted molar refractivity (Wildman–Crippen MR) is 52.9 cm³/mol. The van der Waals surface area contributed by atoms with Crippen LogP contribution in [0.25, 0.3) is 0 Å². The van der Waals surface area contributed by atoms with Gasteiger partial charge in [-0.25, -0.2) is 9.97 Å². The van der Waals surface area contributed by atoms with Crippen LogP contribution in [0.5, 0.6) is 0 Å². The minimum atomic E-state index is 0.441. The SMILES string of the molecule is Cc1ncc(Cn2ccnc2C#N)s1. The molecule has 2 aromatic heterocycles. The van der Waals surface area contributed by atoms with Gasteiger partial charge in [0.05, 0.1) is 11.6 Å². The highest BCUT2D eigenvalue weighted by Gasteiger charge is 2.03. The fourth-order valence-electron chi connectivity index (χ4n) is 1.20. The lowest BCUT2D eigenvalue weighted by atomic mass is 10.5. The van der Waals surface area contributed by atoms with E-state index in [1.165, 1.54) is 0 Å². The Morgan fingerprint density at radius 1 is 1.57 bits per heavy atom. The molecule has 0 saturated carbocycles. The number of nitriles is 1. The highest BCUT2D eigenvalue weighted by atomic mass is 32.1. The van der Waals surface area contributed by atoms with E-state index in [0.717, 1.165) is 9.88 Å². The van der Waals surface area contributed by atoms with Crippen molar-refractivity contribution in [1.29, 1.82) is 5.26 Å². The second-order valence-electron chi connectivity index (χ2n) is 2.84. The molecular formula is C9H8N4S. The van der Waals surface area contributed by atoms with Crippen molar-refractivity contribution in [3.63, 3.8) is 0 Å². The number of hydrogen-bond donors (Lipinski definition) is 0. The highest BCUT2D eigenvalue weighted by Crippen LogP contribution is 2.13. The summed E-state index contributed by atoms with van der Waals surface area (Å²) < 4.78 is 1.81. The van der Waals surface area contributed by atoms with Gasteiger partial charge in [-0.05, 0) is 6.92 Å². The standard InChI is InChI=1S/C9H8N4S/c1-7-12-5-8(14-7)6-13-3-2-11-9(13)4-10/h2-3,5H,6H2,1H3. The third kappa shape index (κ3) is 1.65. The van der Waals surface area contributed by atoms with Crippen LogP contribution in [0.3, 0.4) is 0 Å². The predicted octanol–water partition coefficient (Wildman–Crippen LogP) is 1.57. The number of aromatic nitrogens is 3. The average Bonchev–Trinajstić information content (AvgIpc) is 2.76. The van der Waals surface area contributed by atoms with E-state index in [1.807, 2.05) is 23.8 Å². The molecule has 0 unspecified atom stereocenters. The summed E-state index contributed by atoms with van der Waals surface area (Å²) >= 11 is 1.64. The van der Waals surface area contributed by atoms with Gasteiger partial charge in [-0.1, -0.05) is 0 Å². The highest BCUT2D eigenvalue weighted by molar-refractivity contribution is 7.11. The van der Waals surface area contributed by atoms with Gasteiger partial charge < -0.3 is 4.57 Å². The molecule has 5 heteroatoms. The van der Waals surface area contributed by atoms with E-state index in [2.05, 4.69) is 9.97 Å². The van der Waals surface area contributed by atoms with Crippen molar-refractivity contribution in [2.75, 3.05) is 0 Å². The second-order valence-corrected chi connectivity index (χ2v) is 4.16. The van der Waals surface area contributed by atoms with E-state index in [9.17, 15) is 0 Å². The van der Waals surface area contributed by atoms with Crippen LogP contribution in [0.4, 0.5) is 0 Å². The molecule has 0 saturated heterocycles. The zero-order valence-corrected chi connectivity index (χ0v) is 8.45. The molecule has 0 aliphatic carbocycles. The van der Waals surface area contributed by atoms with Crippen LogP contribution in [0.1, 0.15) is 15.7 Å². The van der Waals surface area contributed by atoms with Crippen molar-refractivity contribution in [2.24, 2.45) is 0 Å². The maximum absolute atomic E-state index is 8.74. The lowest BCUT2D eigenvalue weighted by Crippen LogP contribution is -1.99. The lowest BCUT2D eigenvalue weighted by Gasteiger charge is -1.98. The Labute approximate surface area is 85.5 Å². The molecule has 0 atom stereocenters. The monoisotopic (exact) mass is 204 g/mol. The van der Waals surface area contributed by atoms with Crippen molar-refractivity contribution in [3.05, 3.63) is 34.3 Å². The Morgan fingerprint density at radius 3 is 3.07 bits per heavy atom. The van der Waals surface area contributed by atoms with Gasteiger partial charge in [0.25, 0.3) is 0 Å². The van der Waals surface area contributed by atoms with Crippen molar-refractivity contribution in [3.8, 4) is 6.07 Å². The largest absolute Gasteiger partial charge is 0.317 e. The zero-order chi connectivity index (χ0) is 9.97. The van der Waals surface area contributed by atoms with Gasteiger partial charge in [0.2, 0.25) is 5.82 Å². The van der Waals surface area contributed by atoms with Gasteiger partial charge in [-0.15, -0.1) is 11.3 Å². The fourth-order valence-corrected chi connectivity index (χ4v) is 1.99. The maximum atomic E-state index is 8.74. The first-order valence-electron chi connectivity index (χ1n) is 4.12. The van der Waals surface area contributed by atoms with Crippen LogP contribution in [0.15, 0.2) is 18.6 Å². The van der Waals surface area contributed by atoms with E-state index in [1.54, 1.807) is 23.7 Å². The van der Waals surface area contributed by atoms with Gasteiger partial charge in [-0.3, -0.25) is 0 Å². The Balaban J connectivity index is 2.23. The van der Waals surface area contributed by atoms with Gasteiger partial charge in [0.1, 0.15) is 6.07 Å². The third-order valence-electron chi connectivity index (χ3n) is 1.81. The Kier molecular flexibility index (Phi) is 2.29. The summed E-state index contributed by atoms with van der Waals surface area (Å²) in [5, 5.41) is 9.79. The molecule has 70 valence electrons. The lowest BCUT2D eigenvalue weighted by molar-refractivity contribution is 0.792. The van der Waals surface area contributed by atoms with Crippen molar-refractivity contribution < 1.29 is 0 Å². The van der Waals surface area contributed by atoms with Gasteiger partial charge in [-0.2, -0.15) is 5.26 Å². The summed E-state index contributed by atoms with van der Waals surface area (Å²) in [4.78, 5) is 9.21. The number of rotatable bonds is 2. The minimum Gasteiger partial charge on any atom is -0.317 e. The van der Waals surface area contributed by atoms with Crippen molar-refractivity contribution in [1.82, 2.24) is 14.5 Å². The van der Waals surface area contributed by atoms with Crippen LogP contribution < -0.4 is 0 Å². The normalized spacial score (nSPS) is 10.0. The third-order valence-corrected chi connectivity index (χ3v) is 2.71. The van der Waals surface area contributed by atoms with E-state index in [0.29, 0.717) is 12.4 Å². The van der Waals surface area contributed by atoms with Gasteiger partial charge in [0.15, 0.2) is 0 Å². The number of imidazole rings is 1. The van der Waals surface area contributed by atoms with E-state index < -0.39 is 0 Å². The summed E-state index contributed by atoms with van der Waals surface area (Å²) in [6, 6.07) is 2.04. The fraction of sp³-hybridized carbons (Fsp3) is 0.222. The summed E-state index contributed by atoms with van der Waals surface area (Å²) in [6.45, 7) is 2.64. The molecular weight excluding hydrogens is 196 g/mol. The molecule has 0 aliphatic rings. The maximum Gasteiger partial charge on any atom is 0.213 e. The molecule has 0 aromatic carbocycles. The molecule has 4 nitrogen and oxygen atoms in total. The topological polar surface area (TPSA) is 54.5 Å². The number of thiazole rings is 1. The second kappa shape index (κ2) is 3.60. The number of aryl methyl sites for hydroxylation is 1. The summed E-state index contributed by atoms with van der Waals surface area (Å²) in [5.41, 5.74) is 0. The molecule has 0 spiro atoms. The Morgan fingerprint density at radius 2 is 2.43 bits per heavy atom. The van der Waals surface area contributed by atoms with Crippen LogP contribution in [-0.2, 0) is 6.54 Å². The smallest absolute Gasteiger partial charge is 0.213 e. The molecule has 14 heavy (non-hydrogen) atoms. The van der Waals surface area contributed by atoms with Gasteiger partial charge in [0, 0.05) is 23.5 Å². The van der Waals surface area contributed by atoms with Crippen LogP contribution in [0, 0.1) is 18.3 Å². The molecule has 0 aliphatic heterocycles. The van der Waals surface area contributed by atoms with E-state index in [-0.39, 0.29) is 0 Å².